The van der Waals surface area contributed by atoms with Crippen molar-refractivity contribution in [2.24, 2.45) is 12.2 Å². The molecule has 6 heteroatoms. The maximum absolute atomic E-state index is 12.1. The lowest BCUT2D eigenvalue weighted by atomic mass is 10.1. The molecule has 19 heavy (non-hydrogen) atoms. The van der Waals surface area contributed by atoms with Crippen molar-refractivity contribution in [2.75, 3.05) is 5.32 Å². The van der Waals surface area contributed by atoms with E-state index < -0.39 is 0 Å². The van der Waals surface area contributed by atoms with Gasteiger partial charge in [0.25, 0.3) is 5.91 Å². The Hall–Kier alpha value is -2.63. The van der Waals surface area contributed by atoms with Crippen LogP contribution in [0.4, 0.5) is 5.69 Å². The van der Waals surface area contributed by atoms with E-state index in [1.54, 1.807) is 44.4 Å². The Morgan fingerprint density at radius 1 is 1.37 bits per heavy atom. The van der Waals surface area contributed by atoms with E-state index >= 15 is 0 Å². The number of carbonyl (C=O) groups is 1. The molecule has 1 heterocycles. The number of benzene rings is 1. The van der Waals surface area contributed by atoms with Crippen LogP contribution in [-0.4, -0.2) is 26.6 Å². The second-order valence-corrected chi connectivity index (χ2v) is 4.03. The molecule has 2 aromatic rings. The minimum Gasteiger partial charge on any atom is -0.411 e. The normalized spacial score (nSPS) is 11.4. The zero-order valence-corrected chi connectivity index (χ0v) is 10.7. The lowest BCUT2D eigenvalue weighted by Gasteiger charge is -2.10. The van der Waals surface area contributed by atoms with Gasteiger partial charge in [-0.2, -0.15) is 5.10 Å². The number of para-hydroxylation sites is 1. The van der Waals surface area contributed by atoms with Crippen LogP contribution in [0.25, 0.3) is 0 Å². The van der Waals surface area contributed by atoms with Gasteiger partial charge in [-0.1, -0.05) is 23.4 Å². The smallest absolute Gasteiger partial charge is 0.273 e. The molecule has 0 saturated heterocycles. The zero-order valence-electron chi connectivity index (χ0n) is 10.7. The van der Waals surface area contributed by atoms with Crippen molar-refractivity contribution in [3.63, 3.8) is 0 Å². The summed E-state index contributed by atoms with van der Waals surface area (Å²) >= 11 is 0. The standard InChI is InChI=1S/C13H14N4O2/c1-9(16-19)10-5-3-4-6-11(10)15-13(18)12-7-8-14-17(12)2/h3-8,19H,1-2H3,(H,15,18). The van der Waals surface area contributed by atoms with Gasteiger partial charge in [0.15, 0.2) is 0 Å². The number of anilines is 1. The summed E-state index contributed by atoms with van der Waals surface area (Å²) in [5.41, 5.74) is 2.14. The topological polar surface area (TPSA) is 79.5 Å². The summed E-state index contributed by atoms with van der Waals surface area (Å²) in [4.78, 5) is 12.1. The molecule has 6 nitrogen and oxygen atoms in total. The molecule has 1 aromatic heterocycles. The second kappa shape index (κ2) is 5.34. The Bertz CT molecular complexity index is 631. The van der Waals surface area contributed by atoms with Gasteiger partial charge in [-0.25, -0.2) is 0 Å². The Kier molecular flexibility index (Phi) is 3.61. The molecule has 2 rings (SSSR count). The van der Waals surface area contributed by atoms with Crippen LogP contribution < -0.4 is 5.32 Å². The maximum Gasteiger partial charge on any atom is 0.273 e. The first-order valence-corrected chi connectivity index (χ1v) is 5.71. The van der Waals surface area contributed by atoms with Gasteiger partial charge < -0.3 is 10.5 Å². The van der Waals surface area contributed by atoms with Gasteiger partial charge in [0, 0.05) is 18.8 Å². The average molecular weight is 258 g/mol. The number of hydrogen-bond acceptors (Lipinski definition) is 4. The summed E-state index contributed by atoms with van der Waals surface area (Å²) in [6.07, 6.45) is 1.56. The van der Waals surface area contributed by atoms with Crippen molar-refractivity contribution in [3.8, 4) is 0 Å². The van der Waals surface area contributed by atoms with Gasteiger partial charge in [0.2, 0.25) is 0 Å². The minimum absolute atomic E-state index is 0.266. The largest absolute Gasteiger partial charge is 0.411 e. The number of rotatable bonds is 3. The highest BCUT2D eigenvalue weighted by molar-refractivity contribution is 6.09. The zero-order chi connectivity index (χ0) is 13.8. The van der Waals surface area contributed by atoms with Gasteiger partial charge in [0.1, 0.15) is 5.69 Å². The fourth-order valence-corrected chi connectivity index (χ4v) is 1.74. The predicted octanol–water partition coefficient (Wildman–Crippen LogP) is 1.87. The minimum atomic E-state index is -0.266. The highest BCUT2D eigenvalue weighted by atomic mass is 16.4. The van der Waals surface area contributed by atoms with Gasteiger partial charge in [-0.3, -0.25) is 9.48 Å². The van der Waals surface area contributed by atoms with Gasteiger partial charge in [-0.05, 0) is 19.1 Å². The van der Waals surface area contributed by atoms with Crippen molar-refractivity contribution < 1.29 is 10.0 Å². The number of amides is 1. The number of carbonyl (C=O) groups excluding carboxylic acids is 1. The number of nitrogens with one attached hydrogen (secondary N) is 1. The Balaban J connectivity index is 2.30. The van der Waals surface area contributed by atoms with Crippen LogP contribution in [0.3, 0.4) is 0 Å². The first-order chi connectivity index (χ1) is 9.13. The van der Waals surface area contributed by atoms with E-state index in [9.17, 15) is 4.79 Å². The molecular weight excluding hydrogens is 244 g/mol. The summed E-state index contributed by atoms with van der Waals surface area (Å²) in [6, 6.07) is 8.76. The summed E-state index contributed by atoms with van der Waals surface area (Å²) < 4.78 is 1.49. The first kappa shape index (κ1) is 12.8. The highest BCUT2D eigenvalue weighted by Crippen LogP contribution is 2.17. The number of aryl methyl sites for hydroxylation is 1. The molecule has 0 aliphatic rings. The molecule has 0 fully saturated rings. The fourth-order valence-electron chi connectivity index (χ4n) is 1.74. The molecule has 0 saturated carbocycles. The predicted molar refractivity (Wildman–Crippen MR) is 71.6 cm³/mol. The third-order valence-corrected chi connectivity index (χ3v) is 2.77. The van der Waals surface area contributed by atoms with E-state index in [2.05, 4.69) is 15.6 Å². The first-order valence-electron chi connectivity index (χ1n) is 5.71. The fraction of sp³-hybridized carbons (Fsp3) is 0.154. The summed E-state index contributed by atoms with van der Waals surface area (Å²) in [7, 11) is 1.70. The lowest BCUT2D eigenvalue weighted by Crippen LogP contribution is -2.17. The molecule has 0 aliphatic heterocycles. The quantitative estimate of drug-likeness (QED) is 0.501. The van der Waals surface area contributed by atoms with Gasteiger partial charge in [0.05, 0.1) is 11.4 Å². The second-order valence-electron chi connectivity index (χ2n) is 4.03. The maximum atomic E-state index is 12.1. The molecule has 1 aromatic carbocycles. The van der Waals surface area contributed by atoms with Gasteiger partial charge in [-0.15, -0.1) is 0 Å². The average Bonchev–Trinajstić information content (AvgIpc) is 2.85. The van der Waals surface area contributed by atoms with E-state index in [4.69, 9.17) is 5.21 Å². The molecule has 98 valence electrons. The lowest BCUT2D eigenvalue weighted by molar-refractivity contribution is 0.101. The van der Waals surface area contributed by atoms with E-state index in [-0.39, 0.29) is 5.91 Å². The van der Waals surface area contributed by atoms with Crippen LogP contribution in [0.15, 0.2) is 41.7 Å². The van der Waals surface area contributed by atoms with Crippen LogP contribution in [0.2, 0.25) is 0 Å². The van der Waals surface area contributed by atoms with E-state index in [0.29, 0.717) is 22.7 Å². The number of nitrogens with zero attached hydrogens (tertiary/aromatic N) is 3. The molecule has 0 aliphatic carbocycles. The Morgan fingerprint density at radius 2 is 2.11 bits per heavy atom. The molecule has 0 spiro atoms. The Morgan fingerprint density at radius 3 is 2.74 bits per heavy atom. The molecule has 0 unspecified atom stereocenters. The van der Waals surface area contributed by atoms with E-state index in [1.165, 1.54) is 4.68 Å². The Labute approximate surface area is 110 Å². The SMILES string of the molecule is CC(=NO)c1ccccc1NC(=O)c1ccnn1C. The molecule has 0 atom stereocenters. The van der Waals surface area contributed by atoms with Crippen LogP contribution >= 0.6 is 0 Å². The van der Waals surface area contributed by atoms with Crippen LogP contribution in [-0.2, 0) is 7.05 Å². The molecule has 2 N–H and O–H groups in total. The van der Waals surface area contributed by atoms with Crippen LogP contribution in [0.1, 0.15) is 23.0 Å². The van der Waals surface area contributed by atoms with Crippen molar-refractivity contribution in [1.82, 2.24) is 9.78 Å². The molecule has 0 radical (unpaired) electrons. The highest BCUT2D eigenvalue weighted by Gasteiger charge is 2.13. The van der Waals surface area contributed by atoms with Crippen LogP contribution in [0.5, 0.6) is 0 Å². The van der Waals surface area contributed by atoms with Crippen LogP contribution in [0, 0.1) is 0 Å². The van der Waals surface area contributed by atoms with Crippen molar-refractivity contribution >= 4 is 17.3 Å². The summed E-state index contributed by atoms with van der Waals surface area (Å²) in [6.45, 7) is 1.66. The van der Waals surface area contributed by atoms with Crippen molar-refractivity contribution in [1.29, 1.82) is 0 Å². The van der Waals surface area contributed by atoms with Crippen molar-refractivity contribution in [3.05, 3.63) is 47.8 Å². The summed E-state index contributed by atoms with van der Waals surface area (Å²) in [5, 5.41) is 18.7. The summed E-state index contributed by atoms with van der Waals surface area (Å²) in [5.74, 6) is -0.266. The third-order valence-electron chi connectivity index (χ3n) is 2.77. The number of hydrogen-bond donors (Lipinski definition) is 2. The molecule has 1 amide bonds. The third kappa shape index (κ3) is 2.62. The van der Waals surface area contributed by atoms with Crippen molar-refractivity contribution in [2.45, 2.75) is 6.92 Å². The number of aromatic nitrogens is 2. The monoisotopic (exact) mass is 258 g/mol. The van der Waals surface area contributed by atoms with E-state index in [1.807, 2.05) is 6.07 Å². The molecule has 0 bridgehead atoms. The number of oxime groups is 1. The molecular formula is C13H14N4O2. The van der Waals surface area contributed by atoms with Gasteiger partial charge >= 0.3 is 0 Å². The van der Waals surface area contributed by atoms with E-state index in [0.717, 1.165) is 0 Å².